The fraction of sp³-hybridized carbons (Fsp3) is 0.469. The number of benzene rings is 1. The van der Waals surface area contributed by atoms with E-state index in [1.165, 1.54) is 100 Å². The maximum absolute atomic E-state index is 6.80. The van der Waals surface area contributed by atoms with Gasteiger partial charge in [-0.2, -0.15) is 0 Å². The second-order valence-corrected chi connectivity index (χ2v) is 17.3. The van der Waals surface area contributed by atoms with E-state index in [9.17, 15) is 0 Å². The van der Waals surface area contributed by atoms with Crippen molar-refractivity contribution in [1.82, 2.24) is 9.47 Å². The van der Waals surface area contributed by atoms with Crippen LogP contribution in [0.25, 0.3) is 28.6 Å². The molecule has 53 heavy (non-hydrogen) atoms. The molecule has 1 aliphatic heterocycles. The van der Waals surface area contributed by atoms with Crippen LogP contribution in [0.1, 0.15) is 142 Å². The molecule has 1 aromatic carbocycles. The molecule has 0 amide bonds. The minimum Gasteiger partial charge on any atom is -0.490 e. The van der Waals surface area contributed by atoms with Gasteiger partial charge in [-0.05, 0) is 136 Å². The van der Waals surface area contributed by atoms with E-state index < -0.39 is 0 Å². The van der Waals surface area contributed by atoms with Crippen molar-refractivity contribution in [2.45, 2.75) is 140 Å². The summed E-state index contributed by atoms with van der Waals surface area (Å²) in [6, 6.07) is 8.56. The summed E-state index contributed by atoms with van der Waals surface area (Å²) in [5.74, 6) is 4.79. The second kappa shape index (κ2) is 13.0. The summed E-state index contributed by atoms with van der Waals surface area (Å²) < 4.78 is 16.2. The molecule has 0 saturated carbocycles. The molecule has 6 unspecified atom stereocenters. The lowest BCUT2D eigenvalue weighted by molar-refractivity contribution is 0.0801. The SMILES string of the molecule is CC1CCCc2c1oc1c2C=C(N(C2C=Cc3c(c4ccc(C5=CCCC=C5)cc4n3C3CC=CCC3)C2)C2CC=CC3OC4=C(CCCC4)C32)CC1. The van der Waals surface area contributed by atoms with Gasteiger partial charge in [-0.1, -0.05) is 61.6 Å². The monoisotopic (exact) mass is 702 g/mol. The lowest BCUT2D eigenvalue weighted by Crippen LogP contribution is -2.50. The molecule has 0 fully saturated rings. The van der Waals surface area contributed by atoms with Gasteiger partial charge in [-0.15, -0.1) is 0 Å². The van der Waals surface area contributed by atoms with Gasteiger partial charge in [0.05, 0.1) is 11.8 Å². The van der Waals surface area contributed by atoms with Gasteiger partial charge in [0.15, 0.2) is 0 Å². The normalized spacial score (nSPS) is 29.9. The van der Waals surface area contributed by atoms with Gasteiger partial charge in [0.25, 0.3) is 0 Å². The summed E-state index contributed by atoms with van der Waals surface area (Å²) in [5, 5.41) is 1.45. The first-order chi connectivity index (χ1) is 26.2. The van der Waals surface area contributed by atoms with Crippen molar-refractivity contribution < 1.29 is 9.15 Å². The Morgan fingerprint density at radius 2 is 1.79 bits per heavy atom. The van der Waals surface area contributed by atoms with Crippen LogP contribution in [0, 0.1) is 5.92 Å². The van der Waals surface area contributed by atoms with Crippen LogP contribution in [0.5, 0.6) is 0 Å². The molecular weight excluding hydrogens is 649 g/mol. The van der Waals surface area contributed by atoms with E-state index in [1.54, 1.807) is 11.1 Å². The second-order valence-electron chi connectivity index (χ2n) is 17.3. The van der Waals surface area contributed by atoms with E-state index >= 15 is 0 Å². The zero-order valence-electron chi connectivity index (χ0n) is 31.5. The van der Waals surface area contributed by atoms with Crippen LogP contribution in [0.2, 0.25) is 0 Å². The molecule has 0 radical (unpaired) electrons. The predicted octanol–water partition coefficient (Wildman–Crippen LogP) is 12.1. The number of aromatic nitrogens is 1. The van der Waals surface area contributed by atoms with Gasteiger partial charge in [0.2, 0.25) is 0 Å². The molecule has 3 aromatic rings. The Morgan fingerprint density at radius 3 is 2.70 bits per heavy atom. The van der Waals surface area contributed by atoms with E-state index in [2.05, 4.69) is 95.4 Å². The summed E-state index contributed by atoms with van der Waals surface area (Å²) in [4.78, 5) is 2.93. The van der Waals surface area contributed by atoms with Gasteiger partial charge in [0.1, 0.15) is 17.6 Å². The third kappa shape index (κ3) is 5.29. The predicted molar refractivity (Wildman–Crippen MR) is 216 cm³/mol. The van der Waals surface area contributed by atoms with Gasteiger partial charge in [-0.25, -0.2) is 0 Å². The smallest absolute Gasteiger partial charge is 0.125 e. The number of hydrogen-bond donors (Lipinski definition) is 0. The van der Waals surface area contributed by atoms with Gasteiger partial charge < -0.3 is 18.6 Å². The summed E-state index contributed by atoms with van der Waals surface area (Å²) >= 11 is 0. The molecule has 7 aliphatic carbocycles. The van der Waals surface area contributed by atoms with E-state index in [0.717, 1.165) is 64.2 Å². The number of allylic oxidation sites excluding steroid dienone is 8. The fourth-order valence-corrected chi connectivity index (χ4v) is 11.7. The van der Waals surface area contributed by atoms with Gasteiger partial charge in [0, 0.05) is 70.2 Å². The number of furan rings is 1. The average Bonchev–Trinajstić information content (AvgIpc) is 3.89. The Morgan fingerprint density at radius 1 is 0.830 bits per heavy atom. The zero-order valence-corrected chi connectivity index (χ0v) is 31.5. The number of fused-ring (bicyclic) bond motifs is 8. The van der Waals surface area contributed by atoms with E-state index in [1.807, 2.05) is 0 Å². The van der Waals surface area contributed by atoms with Crippen LogP contribution in [0.3, 0.4) is 0 Å². The van der Waals surface area contributed by atoms with Crippen LogP contribution in [0.4, 0.5) is 0 Å². The highest BCUT2D eigenvalue weighted by Gasteiger charge is 2.47. The standard InChI is InChI=1S/C49H54N2O2/c1-31-12-10-18-38-41-30-36(24-27-46(41)53-49(31)38)50(43-19-11-21-47-48(43)39-17-8-9-20-45(39)52-47)35-23-26-42-40(29-35)37-25-22-33(32-13-4-2-5-14-32)28-44(37)51(42)34-15-6-3-7-16-34/h3-4,6,11,13-14,21-23,25-26,28,30-31,34-35,43,47-48H,2,5,7-10,12,15-20,24,27,29H2,1H3. The van der Waals surface area contributed by atoms with E-state index in [4.69, 9.17) is 9.15 Å². The molecular formula is C49H54N2O2. The highest BCUT2D eigenvalue weighted by atomic mass is 16.5. The Labute approximate surface area is 315 Å². The van der Waals surface area contributed by atoms with Crippen LogP contribution < -0.4 is 0 Å². The quantitative estimate of drug-likeness (QED) is 0.248. The van der Waals surface area contributed by atoms with Crippen LogP contribution in [0.15, 0.2) is 88.3 Å². The van der Waals surface area contributed by atoms with Crippen LogP contribution in [-0.2, 0) is 24.0 Å². The van der Waals surface area contributed by atoms with Crippen molar-refractivity contribution in [3.05, 3.63) is 123 Å². The van der Waals surface area contributed by atoms with Gasteiger partial charge in [-0.3, -0.25) is 0 Å². The van der Waals surface area contributed by atoms with Crippen LogP contribution in [-0.4, -0.2) is 27.7 Å². The van der Waals surface area contributed by atoms with Crippen LogP contribution >= 0.6 is 0 Å². The van der Waals surface area contributed by atoms with Crippen molar-refractivity contribution in [1.29, 1.82) is 0 Å². The zero-order chi connectivity index (χ0) is 35.0. The van der Waals surface area contributed by atoms with E-state index in [0.29, 0.717) is 23.9 Å². The Balaban J connectivity index is 1.04. The van der Waals surface area contributed by atoms with Crippen molar-refractivity contribution in [2.75, 3.05) is 0 Å². The summed E-state index contributed by atoms with van der Waals surface area (Å²) in [5.41, 5.74) is 13.2. The summed E-state index contributed by atoms with van der Waals surface area (Å²) in [7, 11) is 0. The Kier molecular flexibility index (Phi) is 7.91. The summed E-state index contributed by atoms with van der Waals surface area (Å²) in [6.07, 6.45) is 43.1. The first-order valence-corrected chi connectivity index (χ1v) is 21.3. The topological polar surface area (TPSA) is 30.5 Å². The molecule has 0 N–H and O–H groups in total. The Hall–Kier alpha value is -4.18. The molecule has 4 nitrogen and oxygen atoms in total. The van der Waals surface area contributed by atoms with Gasteiger partial charge >= 0.3 is 0 Å². The first-order valence-electron chi connectivity index (χ1n) is 21.3. The fourth-order valence-electron chi connectivity index (χ4n) is 11.7. The number of rotatable bonds is 5. The minimum atomic E-state index is 0.174. The summed E-state index contributed by atoms with van der Waals surface area (Å²) in [6.45, 7) is 2.37. The maximum atomic E-state index is 6.80. The Bertz CT molecular complexity index is 2190. The molecule has 6 atom stereocenters. The van der Waals surface area contributed by atoms with Crippen molar-refractivity contribution in [3.8, 4) is 0 Å². The first kappa shape index (κ1) is 32.3. The molecule has 4 heteroatoms. The third-order valence-electron chi connectivity index (χ3n) is 14.2. The molecule has 0 bridgehead atoms. The molecule has 8 aliphatic rings. The molecule has 0 saturated heterocycles. The minimum absolute atomic E-state index is 0.174. The average molecular weight is 703 g/mol. The lowest BCUT2D eigenvalue weighted by Gasteiger charge is -2.46. The molecule has 2 aromatic heterocycles. The third-order valence-corrected chi connectivity index (χ3v) is 14.2. The molecule has 11 rings (SSSR count). The molecule has 272 valence electrons. The number of hydrogen-bond acceptors (Lipinski definition) is 3. The highest BCUT2D eigenvalue weighted by Crippen LogP contribution is 2.50. The number of aryl methyl sites for hydroxylation is 1. The molecule has 3 heterocycles. The van der Waals surface area contributed by atoms with Crippen molar-refractivity contribution in [2.24, 2.45) is 5.92 Å². The van der Waals surface area contributed by atoms with Crippen molar-refractivity contribution >= 4 is 28.6 Å². The largest absolute Gasteiger partial charge is 0.490 e. The van der Waals surface area contributed by atoms with E-state index in [-0.39, 0.29) is 12.1 Å². The number of ether oxygens (including phenoxy) is 1. The lowest BCUT2D eigenvalue weighted by atomic mass is 9.76. The number of nitrogens with zero attached hydrogens (tertiary/aromatic N) is 2. The molecule has 0 spiro atoms. The highest BCUT2D eigenvalue weighted by molar-refractivity contribution is 5.92. The van der Waals surface area contributed by atoms with Crippen molar-refractivity contribution in [3.63, 3.8) is 0 Å². The maximum Gasteiger partial charge on any atom is 0.125 e.